The monoisotopic (exact) mass is 455 g/mol. The van der Waals surface area contributed by atoms with Crippen molar-refractivity contribution in [3.8, 4) is 0 Å². The van der Waals surface area contributed by atoms with E-state index < -0.39 is 9.84 Å². The van der Waals surface area contributed by atoms with Gasteiger partial charge in [-0.3, -0.25) is 9.79 Å². The number of amidine groups is 1. The summed E-state index contributed by atoms with van der Waals surface area (Å²) >= 11 is 1.49. The van der Waals surface area contributed by atoms with E-state index in [1.54, 1.807) is 0 Å². The van der Waals surface area contributed by atoms with E-state index in [1.165, 1.54) is 11.8 Å². The quantitative estimate of drug-likeness (QED) is 0.518. The number of hydrogen-bond donors (Lipinski definition) is 2. The van der Waals surface area contributed by atoms with Gasteiger partial charge in [-0.15, -0.1) is 0 Å². The molecule has 0 radical (unpaired) electrons. The molecule has 2 atom stereocenters. The number of rotatable bonds is 10. The Morgan fingerprint density at radius 2 is 1.90 bits per heavy atom. The predicted molar refractivity (Wildman–Crippen MR) is 120 cm³/mol. The maximum atomic E-state index is 12.2. The predicted octanol–water partition coefficient (Wildman–Crippen LogP) is 1.81. The minimum Gasteiger partial charge on any atom is -0.356 e. The lowest BCUT2D eigenvalue weighted by atomic mass is 10.1. The summed E-state index contributed by atoms with van der Waals surface area (Å²) < 4.78 is 34.2. The molecule has 0 saturated carbocycles. The van der Waals surface area contributed by atoms with Gasteiger partial charge in [-0.1, -0.05) is 23.9 Å². The highest BCUT2D eigenvalue weighted by Gasteiger charge is 2.42. The lowest BCUT2D eigenvalue weighted by Crippen LogP contribution is -2.30. The number of nitrogens with one attached hydrogen (secondary N) is 2. The molecule has 0 aliphatic carbocycles. The molecule has 10 heteroatoms. The highest BCUT2D eigenvalue weighted by molar-refractivity contribution is 8.15. The number of sulfone groups is 1. The van der Waals surface area contributed by atoms with E-state index >= 15 is 0 Å². The number of hydrogen-bond acceptors (Lipinski definition) is 8. The first-order chi connectivity index (χ1) is 14.4. The van der Waals surface area contributed by atoms with Gasteiger partial charge in [0, 0.05) is 37.1 Å². The standard InChI is InChI=1S/C20H29N3O5S2/c1-3-27-19(28-4-2)9-10-21-18(24)11-14-5-7-15(8-6-14)22-20-23-16-12-30(25,26)13-17(16)29-20/h5-8,16-17,19H,3-4,9-13H2,1-2H3,(H,21,24)(H,22,23). The zero-order valence-corrected chi connectivity index (χ0v) is 18.9. The Morgan fingerprint density at radius 3 is 2.53 bits per heavy atom. The molecule has 3 rings (SSSR count). The van der Waals surface area contributed by atoms with Crippen LogP contribution in [0.4, 0.5) is 5.69 Å². The van der Waals surface area contributed by atoms with Gasteiger partial charge in [0.25, 0.3) is 0 Å². The summed E-state index contributed by atoms with van der Waals surface area (Å²) in [7, 11) is -2.94. The summed E-state index contributed by atoms with van der Waals surface area (Å²) in [6, 6.07) is 7.45. The molecule has 0 aromatic heterocycles. The Bertz CT molecular complexity index is 852. The molecule has 1 aromatic rings. The molecule has 2 N–H and O–H groups in total. The van der Waals surface area contributed by atoms with Crippen LogP contribution in [-0.2, 0) is 30.5 Å². The third kappa shape index (κ3) is 6.69. The van der Waals surface area contributed by atoms with Crippen molar-refractivity contribution in [2.75, 3.05) is 36.6 Å². The highest BCUT2D eigenvalue weighted by atomic mass is 32.2. The van der Waals surface area contributed by atoms with Crippen molar-refractivity contribution in [1.29, 1.82) is 0 Å². The van der Waals surface area contributed by atoms with E-state index in [1.807, 2.05) is 38.1 Å². The molecule has 1 amide bonds. The maximum absolute atomic E-state index is 12.2. The number of carbonyl (C=O) groups excluding carboxylic acids is 1. The van der Waals surface area contributed by atoms with Crippen LogP contribution in [0.3, 0.4) is 0 Å². The third-order valence-corrected chi connectivity index (χ3v) is 7.94. The normalized spacial score (nSPS) is 22.0. The minimum absolute atomic E-state index is 0.0190. The highest BCUT2D eigenvalue weighted by Crippen LogP contribution is 2.34. The zero-order valence-electron chi connectivity index (χ0n) is 17.3. The van der Waals surface area contributed by atoms with Crippen LogP contribution in [0.5, 0.6) is 0 Å². The summed E-state index contributed by atoms with van der Waals surface area (Å²) in [5.74, 6) is 0.285. The molecular weight excluding hydrogens is 426 g/mol. The number of nitrogens with zero attached hydrogens (tertiary/aromatic N) is 1. The second-order valence-electron chi connectivity index (χ2n) is 7.21. The fourth-order valence-corrected chi connectivity index (χ4v) is 7.09. The number of benzene rings is 1. The Balaban J connectivity index is 1.42. The molecule has 2 unspecified atom stereocenters. The number of aliphatic imine (C=N–C) groups is 1. The van der Waals surface area contributed by atoms with E-state index in [0.717, 1.165) is 16.4 Å². The van der Waals surface area contributed by atoms with Gasteiger partial charge in [0.1, 0.15) is 0 Å². The Hall–Kier alpha value is -1.62. The average Bonchev–Trinajstić information content (AvgIpc) is 3.16. The van der Waals surface area contributed by atoms with Gasteiger partial charge in [0.05, 0.1) is 24.0 Å². The summed E-state index contributed by atoms with van der Waals surface area (Å²) in [5.41, 5.74) is 1.78. The molecule has 0 bridgehead atoms. The summed E-state index contributed by atoms with van der Waals surface area (Å²) in [6.07, 6.45) is 0.618. The van der Waals surface area contributed by atoms with Crippen molar-refractivity contribution in [1.82, 2.24) is 5.32 Å². The van der Waals surface area contributed by atoms with Crippen LogP contribution < -0.4 is 10.6 Å². The van der Waals surface area contributed by atoms with Crippen molar-refractivity contribution >= 4 is 38.4 Å². The molecule has 2 aliphatic heterocycles. The number of anilines is 1. The van der Waals surface area contributed by atoms with Crippen molar-refractivity contribution in [2.24, 2.45) is 4.99 Å². The van der Waals surface area contributed by atoms with E-state index in [2.05, 4.69) is 15.6 Å². The topological polar surface area (TPSA) is 106 Å². The van der Waals surface area contributed by atoms with Gasteiger partial charge < -0.3 is 20.1 Å². The molecule has 1 fully saturated rings. The van der Waals surface area contributed by atoms with Gasteiger partial charge in [-0.05, 0) is 31.5 Å². The van der Waals surface area contributed by atoms with Gasteiger partial charge in [-0.2, -0.15) is 0 Å². The van der Waals surface area contributed by atoms with Crippen LogP contribution in [0, 0.1) is 0 Å². The van der Waals surface area contributed by atoms with Crippen LogP contribution in [0.15, 0.2) is 29.3 Å². The Morgan fingerprint density at radius 1 is 1.20 bits per heavy atom. The first-order valence-electron chi connectivity index (χ1n) is 10.2. The van der Waals surface area contributed by atoms with Gasteiger partial charge in [0.2, 0.25) is 5.91 Å². The summed E-state index contributed by atoms with van der Waals surface area (Å²) in [5, 5.41) is 6.90. The molecule has 1 aromatic carbocycles. The number of thioether (sulfide) groups is 1. The molecule has 30 heavy (non-hydrogen) atoms. The van der Waals surface area contributed by atoms with Crippen LogP contribution in [0.1, 0.15) is 25.8 Å². The first kappa shape index (κ1) is 23.1. The van der Waals surface area contributed by atoms with E-state index in [9.17, 15) is 13.2 Å². The second kappa shape index (κ2) is 10.6. The molecule has 166 valence electrons. The first-order valence-corrected chi connectivity index (χ1v) is 12.9. The maximum Gasteiger partial charge on any atom is 0.224 e. The van der Waals surface area contributed by atoms with Crippen molar-refractivity contribution in [3.63, 3.8) is 0 Å². The van der Waals surface area contributed by atoms with Crippen molar-refractivity contribution < 1.29 is 22.7 Å². The Kier molecular flexibility index (Phi) is 8.15. The van der Waals surface area contributed by atoms with Crippen molar-refractivity contribution in [3.05, 3.63) is 29.8 Å². The largest absolute Gasteiger partial charge is 0.356 e. The SMILES string of the molecule is CCOC(CCNC(=O)Cc1ccc(NC2=NC3CS(=O)(=O)CC3S2)cc1)OCC. The molecule has 1 saturated heterocycles. The number of carbonyl (C=O) groups is 1. The number of amides is 1. The van der Waals surface area contributed by atoms with Gasteiger partial charge in [0.15, 0.2) is 21.3 Å². The smallest absolute Gasteiger partial charge is 0.224 e. The molecule has 2 heterocycles. The van der Waals surface area contributed by atoms with E-state index in [-0.39, 0.29) is 35.0 Å². The lowest BCUT2D eigenvalue weighted by Gasteiger charge is -2.17. The van der Waals surface area contributed by atoms with Gasteiger partial charge in [-0.25, -0.2) is 8.42 Å². The van der Waals surface area contributed by atoms with Crippen LogP contribution in [0.2, 0.25) is 0 Å². The van der Waals surface area contributed by atoms with E-state index in [4.69, 9.17) is 9.47 Å². The fraction of sp³-hybridized carbons (Fsp3) is 0.600. The zero-order chi connectivity index (χ0) is 21.6. The average molecular weight is 456 g/mol. The fourth-order valence-electron chi connectivity index (χ4n) is 3.41. The molecule has 8 nitrogen and oxygen atoms in total. The van der Waals surface area contributed by atoms with Crippen LogP contribution in [-0.4, -0.2) is 68.3 Å². The number of ether oxygens (including phenoxy) is 2. The third-order valence-electron chi connectivity index (χ3n) is 4.80. The van der Waals surface area contributed by atoms with E-state index in [0.29, 0.717) is 32.6 Å². The summed E-state index contributed by atoms with van der Waals surface area (Å²) in [6.45, 7) is 5.47. The minimum atomic E-state index is -2.94. The van der Waals surface area contributed by atoms with Crippen LogP contribution in [0.25, 0.3) is 0 Å². The summed E-state index contributed by atoms with van der Waals surface area (Å²) in [4.78, 5) is 16.6. The lowest BCUT2D eigenvalue weighted by molar-refractivity contribution is -0.139. The van der Waals surface area contributed by atoms with Crippen LogP contribution >= 0.6 is 11.8 Å². The number of fused-ring (bicyclic) bond motifs is 1. The molecule has 0 spiro atoms. The molecular formula is C20H29N3O5S2. The van der Waals surface area contributed by atoms with Gasteiger partial charge >= 0.3 is 0 Å². The second-order valence-corrected chi connectivity index (χ2v) is 10.6. The molecule has 2 aliphatic rings. The van der Waals surface area contributed by atoms with Crippen molar-refractivity contribution in [2.45, 2.75) is 44.3 Å². The Labute approximate surface area is 182 Å².